The Morgan fingerprint density at radius 2 is 1.94 bits per heavy atom. The number of nitrogens with one attached hydrogen (secondary N) is 1. The summed E-state index contributed by atoms with van der Waals surface area (Å²) in [5, 5.41) is 12.1. The molecule has 1 aliphatic rings. The normalized spacial score (nSPS) is 21.0. The Kier molecular flexibility index (Phi) is 4.97. The van der Waals surface area contributed by atoms with Gasteiger partial charge in [-0.2, -0.15) is 0 Å². The number of aliphatic hydroxyl groups excluding tert-OH is 1. The summed E-state index contributed by atoms with van der Waals surface area (Å²) < 4.78 is 43.8. The van der Waals surface area contributed by atoms with Gasteiger partial charge in [0.15, 0.2) is 0 Å². The second-order valence-electron chi connectivity index (χ2n) is 3.77. The van der Waals surface area contributed by atoms with Crippen molar-refractivity contribution in [3.63, 3.8) is 0 Å². The lowest BCUT2D eigenvalue weighted by Gasteiger charge is -2.36. The van der Waals surface area contributed by atoms with Gasteiger partial charge in [0.25, 0.3) is 0 Å². The fraction of sp³-hybridized carbons (Fsp3) is 1.00. The molecule has 1 rings (SSSR count). The highest BCUT2D eigenvalue weighted by atomic mass is 19.4. The molecule has 7 heteroatoms. The van der Waals surface area contributed by atoms with Crippen LogP contribution in [-0.4, -0.2) is 50.0 Å². The molecule has 4 nitrogen and oxygen atoms in total. The monoisotopic (exact) mass is 243 g/mol. The maximum atomic E-state index is 11.7. The molecule has 0 aliphatic carbocycles. The van der Waals surface area contributed by atoms with Crippen LogP contribution >= 0.6 is 0 Å². The fourth-order valence-corrected chi connectivity index (χ4v) is 1.64. The molecule has 0 aromatic carbocycles. The van der Waals surface area contributed by atoms with Gasteiger partial charge in [-0.3, -0.25) is 4.74 Å². The van der Waals surface area contributed by atoms with Crippen LogP contribution in [0.1, 0.15) is 12.8 Å². The van der Waals surface area contributed by atoms with Gasteiger partial charge in [0.05, 0.1) is 13.2 Å². The van der Waals surface area contributed by atoms with E-state index in [1.165, 1.54) is 0 Å². The first-order valence-electron chi connectivity index (χ1n) is 5.12. The van der Waals surface area contributed by atoms with Crippen LogP contribution in [0.15, 0.2) is 0 Å². The summed E-state index contributed by atoms with van der Waals surface area (Å²) in [6, 6.07) is 0. The molecule has 0 saturated carbocycles. The van der Waals surface area contributed by atoms with E-state index in [-0.39, 0.29) is 13.2 Å². The van der Waals surface area contributed by atoms with Crippen molar-refractivity contribution in [2.75, 3.05) is 33.0 Å². The summed E-state index contributed by atoms with van der Waals surface area (Å²) in [6.45, 7) is 0.510. The molecule has 1 heterocycles. The molecule has 96 valence electrons. The quantitative estimate of drug-likeness (QED) is 0.696. The van der Waals surface area contributed by atoms with Crippen molar-refractivity contribution in [1.29, 1.82) is 0 Å². The number of aliphatic hydroxyl groups is 1. The van der Waals surface area contributed by atoms with Crippen molar-refractivity contribution in [3.05, 3.63) is 0 Å². The lowest BCUT2D eigenvalue weighted by atomic mass is 9.91. The van der Waals surface area contributed by atoms with E-state index in [0.717, 1.165) is 0 Å². The highest BCUT2D eigenvalue weighted by Crippen LogP contribution is 2.20. The molecule has 0 aromatic heterocycles. The minimum Gasteiger partial charge on any atom is -0.394 e. The Hall–Kier alpha value is -0.370. The zero-order chi connectivity index (χ0) is 12.1. The van der Waals surface area contributed by atoms with Gasteiger partial charge in [0, 0.05) is 25.3 Å². The molecule has 0 atom stereocenters. The third-order valence-electron chi connectivity index (χ3n) is 2.62. The lowest BCUT2D eigenvalue weighted by Crippen LogP contribution is -2.53. The van der Waals surface area contributed by atoms with E-state index in [1.54, 1.807) is 0 Å². The predicted octanol–water partition coefficient (Wildman–Crippen LogP) is 0.654. The Bertz CT molecular complexity index is 205. The van der Waals surface area contributed by atoms with Gasteiger partial charge in [-0.1, -0.05) is 0 Å². The predicted molar refractivity (Wildman–Crippen MR) is 49.9 cm³/mol. The largest absolute Gasteiger partial charge is 0.522 e. The van der Waals surface area contributed by atoms with Gasteiger partial charge in [0.2, 0.25) is 0 Å². The standard InChI is InChI=1S/C9H16F3NO3/c10-9(11,12)16-6-3-13-8(7-14)1-4-15-5-2-8/h13-14H,1-7H2. The number of halogens is 3. The van der Waals surface area contributed by atoms with E-state index < -0.39 is 18.5 Å². The van der Waals surface area contributed by atoms with Gasteiger partial charge in [-0.25, -0.2) is 0 Å². The number of rotatable bonds is 5. The molecule has 0 aromatic rings. The maximum Gasteiger partial charge on any atom is 0.522 e. The molecule has 2 N–H and O–H groups in total. The second kappa shape index (κ2) is 5.81. The van der Waals surface area contributed by atoms with Crippen LogP contribution in [0.3, 0.4) is 0 Å². The topological polar surface area (TPSA) is 50.7 Å². The summed E-state index contributed by atoms with van der Waals surface area (Å²) >= 11 is 0. The highest BCUT2D eigenvalue weighted by molar-refractivity contribution is 4.89. The highest BCUT2D eigenvalue weighted by Gasteiger charge is 2.32. The fourth-order valence-electron chi connectivity index (χ4n) is 1.64. The molecule has 1 saturated heterocycles. The van der Waals surface area contributed by atoms with Crippen LogP contribution < -0.4 is 5.32 Å². The first-order chi connectivity index (χ1) is 7.47. The number of hydrogen-bond acceptors (Lipinski definition) is 4. The van der Waals surface area contributed by atoms with Crippen molar-refractivity contribution in [2.45, 2.75) is 24.7 Å². The van der Waals surface area contributed by atoms with E-state index in [2.05, 4.69) is 10.1 Å². The van der Waals surface area contributed by atoms with Gasteiger partial charge < -0.3 is 15.2 Å². The zero-order valence-corrected chi connectivity index (χ0v) is 8.85. The molecule has 0 amide bonds. The van der Waals surface area contributed by atoms with Crippen LogP contribution in [0.4, 0.5) is 13.2 Å². The van der Waals surface area contributed by atoms with Gasteiger partial charge in [-0.05, 0) is 12.8 Å². The molecular formula is C9H16F3NO3. The molecule has 1 fully saturated rings. The average Bonchev–Trinajstić information content (AvgIpc) is 2.25. The van der Waals surface area contributed by atoms with E-state index >= 15 is 0 Å². The van der Waals surface area contributed by atoms with Crippen LogP contribution in [0.5, 0.6) is 0 Å². The minimum absolute atomic E-state index is 0.0556. The minimum atomic E-state index is -4.59. The smallest absolute Gasteiger partial charge is 0.394 e. The van der Waals surface area contributed by atoms with Crippen molar-refractivity contribution >= 4 is 0 Å². The van der Waals surface area contributed by atoms with Crippen LogP contribution in [0.25, 0.3) is 0 Å². The maximum absolute atomic E-state index is 11.7. The molecule has 0 unspecified atom stereocenters. The molecule has 1 aliphatic heterocycles. The molecular weight excluding hydrogens is 227 g/mol. The van der Waals surface area contributed by atoms with Gasteiger partial charge in [-0.15, -0.1) is 13.2 Å². The summed E-state index contributed by atoms with van der Waals surface area (Å²) in [7, 11) is 0. The van der Waals surface area contributed by atoms with Crippen molar-refractivity contribution in [2.24, 2.45) is 0 Å². The van der Waals surface area contributed by atoms with Crippen molar-refractivity contribution < 1.29 is 27.8 Å². The Balaban J connectivity index is 2.23. The average molecular weight is 243 g/mol. The van der Waals surface area contributed by atoms with Crippen LogP contribution in [0.2, 0.25) is 0 Å². The number of hydrogen-bond donors (Lipinski definition) is 2. The molecule has 0 radical (unpaired) electrons. The first kappa shape index (κ1) is 13.7. The molecule has 0 spiro atoms. The Morgan fingerprint density at radius 3 is 2.44 bits per heavy atom. The van der Waals surface area contributed by atoms with Crippen LogP contribution in [-0.2, 0) is 9.47 Å². The van der Waals surface area contributed by atoms with E-state index in [4.69, 9.17) is 4.74 Å². The lowest BCUT2D eigenvalue weighted by molar-refractivity contribution is -0.323. The Morgan fingerprint density at radius 1 is 1.31 bits per heavy atom. The SMILES string of the molecule is OCC1(NCCOC(F)(F)F)CCOCC1. The number of ether oxygens (including phenoxy) is 2. The second-order valence-corrected chi connectivity index (χ2v) is 3.77. The van der Waals surface area contributed by atoms with E-state index in [9.17, 15) is 18.3 Å². The van der Waals surface area contributed by atoms with Crippen LogP contribution in [0, 0.1) is 0 Å². The summed E-state index contributed by atoms with van der Waals surface area (Å²) in [6.07, 6.45) is -3.41. The molecule has 16 heavy (non-hydrogen) atoms. The first-order valence-corrected chi connectivity index (χ1v) is 5.12. The summed E-state index contributed by atoms with van der Waals surface area (Å²) in [4.78, 5) is 0. The van der Waals surface area contributed by atoms with Crippen molar-refractivity contribution in [3.8, 4) is 0 Å². The third-order valence-corrected chi connectivity index (χ3v) is 2.62. The third kappa shape index (κ3) is 4.65. The van der Waals surface area contributed by atoms with Gasteiger partial charge >= 0.3 is 6.36 Å². The Labute approximate surface area is 91.7 Å². The van der Waals surface area contributed by atoms with Crippen molar-refractivity contribution in [1.82, 2.24) is 5.32 Å². The summed E-state index contributed by atoms with van der Waals surface area (Å²) in [5.41, 5.74) is -0.521. The number of alkyl halides is 3. The van der Waals surface area contributed by atoms with Gasteiger partial charge in [0.1, 0.15) is 0 Å². The summed E-state index contributed by atoms with van der Waals surface area (Å²) in [5.74, 6) is 0. The molecule has 0 bridgehead atoms. The van der Waals surface area contributed by atoms with E-state index in [1.807, 2.05) is 0 Å². The zero-order valence-electron chi connectivity index (χ0n) is 8.85. The van der Waals surface area contributed by atoms with E-state index in [0.29, 0.717) is 26.1 Å².